The number of fused-ring (bicyclic) bond motifs is 1. The van der Waals surface area contributed by atoms with Gasteiger partial charge in [0, 0.05) is 61.6 Å². The van der Waals surface area contributed by atoms with Crippen molar-refractivity contribution in [2.24, 2.45) is 4.99 Å². The van der Waals surface area contributed by atoms with Crippen molar-refractivity contribution in [3.05, 3.63) is 58.3 Å². The summed E-state index contributed by atoms with van der Waals surface area (Å²) in [5.41, 5.74) is 7.52. The molecule has 0 bridgehead atoms. The molecule has 1 radical (unpaired) electrons. The number of carbonyl (C=O) groups excluding carboxylic acids is 1. The Kier molecular flexibility index (Phi) is 11.6. The minimum absolute atomic E-state index is 0.0564. The number of aromatic nitrogens is 1. The van der Waals surface area contributed by atoms with E-state index in [-0.39, 0.29) is 5.68 Å². The molecule has 1 aromatic carbocycles. The number of nitrogens with zero attached hydrogens (tertiary/aromatic N) is 4. The molecule has 0 unspecified atom stereocenters. The summed E-state index contributed by atoms with van der Waals surface area (Å²) < 4.78 is 1.97. The molecule has 0 aliphatic carbocycles. The minimum Gasteiger partial charge on any atom is -0.385 e. The smallest absolute Gasteiger partial charge is 0.237 e. The first kappa shape index (κ1) is 30.4. The molecule has 1 aliphatic rings. The van der Waals surface area contributed by atoms with Gasteiger partial charge in [-0.25, -0.2) is 0 Å². The van der Waals surface area contributed by atoms with E-state index in [0.29, 0.717) is 30.2 Å². The van der Waals surface area contributed by atoms with Gasteiger partial charge in [0.1, 0.15) is 11.8 Å². The normalized spacial score (nSPS) is 15.4. The first-order valence-electron chi connectivity index (χ1n) is 14.6. The number of carbonyl (C=O) groups is 1. The van der Waals surface area contributed by atoms with Crippen molar-refractivity contribution < 1.29 is 4.79 Å². The number of unbranched alkanes of at least 4 members (excludes halogenated alkanes) is 1. The van der Waals surface area contributed by atoms with Crippen LogP contribution in [0.3, 0.4) is 0 Å². The molecule has 2 aromatic rings. The average molecular weight is 527 g/mol. The number of rotatable bonds is 14. The van der Waals surface area contributed by atoms with Crippen LogP contribution in [0.15, 0.2) is 46.5 Å². The van der Waals surface area contributed by atoms with Crippen LogP contribution < -0.4 is 5.32 Å². The molecule has 0 atom stereocenters. The van der Waals surface area contributed by atoms with Crippen molar-refractivity contribution in [1.29, 1.82) is 5.26 Å². The van der Waals surface area contributed by atoms with E-state index >= 15 is 0 Å². The monoisotopic (exact) mass is 526 g/mol. The summed E-state index contributed by atoms with van der Waals surface area (Å²) >= 11 is 0. The number of piperidine rings is 1. The number of nitrogens with one attached hydrogen (secondary N) is 1. The largest absolute Gasteiger partial charge is 0.385 e. The molecule has 7 heteroatoms. The second-order valence-corrected chi connectivity index (χ2v) is 10.7. The van der Waals surface area contributed by atoms with Crippen LogP contribution in [0, 0.1) is 18.3 Å². The van der Waals surface area contributed by atoms with Gasteiger partial charge in [0.05, 0.1) is 5.68 Å². The lowest BCUT2D eigenvalue weighted by Crippen LogP contribution is -2.41. The topological polar surface area (TPSA) is 73.4 Å². The summed E-state index contributed by atoms with van der Waals surface area (Å²) in [5, 5.41) is 14.7. The molecule has 0 spiro atoms. The van der Waals surface area contributed by atoms with Crippen LogP contribution >= 0.6 is 0 Å². The predicted octanol–water partition coefficient (Wildman–Crippen LogP) is 6.08. The van der Waals surface area contributed by atoms with Crippen molar-refractivity contribution in [3.63, 3.8) is 0 Å². The Hall–Kier alpha value is -3.11. The van der Waals surface area contributed by atoms with Gasteiger partial charge in [0.15, 0.2) is 0 Å². The summed E-state index contributed by atoms with van der Waals surface area (Å²) in [7, 11) is 1.59. The first-order valence-corrected chi connectivity index (χ1v) is 14.6. The summed E-state index contributed by atoms with van der Waals surface area (Å²) in [5.74, 6) is 0. The molecule has 1 N–H and O–H groups in total. The molecule has 6 nitrogen and oxygen atoms in total. The van der Waals surface area contributed by atoms with E-state index in [1.807, 2.05) is 17.6 Å². The van der Waals surface area contributed by atoms with Crippen LogP contribution in [0.25, 0.3) is 10.9 Å². The molecule has 39 heavy (non-hydrogen) atoms. The number of aliphatic imine (C=N–C) groups is 1. The Morgan fingerprint density at radius 2 is 2.03 bits per heavy atom. The highest BCUT2D eigenvalue weighted by atomic mass is 16.1. The van der Waals surface area contributed by atoms with Crippen molar-refractivity contribution in [2.45, 2.75) is 92.3 Å². The van der Waals surface area contributed by atoms with Crippen molar-refractivity contribution in [2.75, 3.05) is 19.6 Å². The lowest BCUT2D eigenvalue weighted by molar-refractivity contribution is -0.111. The highest BCUT2D eigenvalue weighted by molar-refractivity contribution is 6.79. The van der Waals surface area contributed by atoms with Gasteiger partial charge in [-0.2, -0.15) is 5.26 Å². The van der Waals surface area contributed by atoms with Gasteiger partial charge in [-0.1, -0.05) is 31.8 Å². The van der Waals surface area contributed by atoms with E-state index in [1.165, 1.54) is 35.2 Å². The van der Waals surface area contributed by atoms with Crippen LogP contribution in [-0.2, 0) is 17.9 Å². The third-order valence-electron chi connectivity index (χ3n) is 7.77. The molecule has 1 aliphatic heterocycles. The van der Waals surface area contributed by atoms with Crippen molar-refractivity contribution in [3.8, 4) is 6.07 Å². The molecule has 3 rings (SSSR count). The highest BCUT2D eigenvalue weighted by Gasteiger charge is 2.21. The zero-order valence-electron chi connectivity index (χ0n) is 24.6. The van der Waals surface area contributed by atoms with Crippen LogP contribution in [0.4, 0.5) is 0 Å². The molecule has 1 saturated heterocycles. The Bertz CT molecular complexity index is 1260. The Morgan fingerprint density at radius 3 is 2.67 bits per heavy atom. The summed E-state index contributed by atoms with van der Waals surface area (Å²) in [6.07, 6.45) is 8.22. The van der Waals surface area contributed by atoms with Crippen LogP contribution in [-0.4, -0.2) is 54.3 Å². The molecule has 1 fully saturated rings. The van der Waals surface area contributed by atoms with Crippen LogP contribution in [0.1, 0.15) is 83.0 Å². The molecule has 0 amide bonds. The number of likely N-dealkylation sites (tertiary alicyclic amines) is 1. The van der Waals surface area contributed by atoms with Gasteiger partial charge in [-0.3, -0.25) is 9.89 Å². The van der Waals surface area contributed by atoms with Gasteiger partial charge >= 0.3 is 0 Å². The summed E-state index contributed by atoms with van der Waals surface area (Å²) in [4.78, 5) is 18.9. The molecule has 0 saturated carbocycles. The third-order valence-corrected chi connectivity index (χ3v) is 7.77. The molecular weight excluding hydrogens is 481 g/mol. The van der Waals surface area contributed by atoms with E-state index in [9.17, 15) is 10.1 Å². The zero-order valence-corrected chi connectivity index (χ0v) is 24.6. The minimum atomic E-state index is 0.0564. The number of benzene rings is 1. The molecular formula is C32H45BN5O. The van der Waals surface area contributed by atoms with E-state index < -0.39 is 0 Å². The number of hydrogen-bond acceptors (Lipinski definition) is 5. The predicted molar refractivity (Wildman–Crippen MR) is 164 cm³/mol. The highest BCUT2D eigenvalue weighted by Crippen LogP contribution is 2.28. The van der Waals surface area contributed by atoms with Crippen molar-refractivity contribution >= 4 is 30.1 Å². The van der Waals surface area contributed by atoms with Gasteiger partial charge in [0.25, 0.3) is 0 Å². The van der Waals surface area contributed by atoms with E-state index in [1.54, 1.807) is 7.28 Å². The van der Waals surface area contributed by atoms with Gasteiger partial charge < -0.3 is 14.7 Å². The zero-order chi connectivity index (χ0) is 28.4. The maximum Gasteiger partial charge on any atom is 0.237 e. The van der Waals surface area contributed by atoms with E-state index in [0.717, 1.165) is 56.3 Å². The van der Waals surface area contributed by atoms with Gasteiger partial charge in [-0.05, 0) is 81.7 Å². The molecule has 2 heterocycles. The van der Waals surface area contributed by atoms with E-state index in [4.69, 9.17) is 0 Å². The number of allylic oxidation sites excluding steroid dienone is 3. The van der Waals surface area contributed by atoms with E-state index in [2.05, 4.69) is 73.9 Å². The standard InChI is InChI=1S/C32H45BN5O/c1-7-10-11-26(20-35-9-3)25(6)36-28-14-16-37(17-15-28)22-27-12-13-31-30(24(27)5)18-29(19-34)38(31)21-23(4)33-32(39)8-2/h12-13,18,20,28,36H,4,7-11,14-17,21-22H2,1-3,5-6H3/b26-25+,35-20?. The number of aryl methyl sites for hydroxylation is 1. The fourth-order valence-corrected chi connectivity index (χ4v) is 5.33. The SMILES string of the molecule is C=C([B]C(=O)CC)Cn1c(C#N)cc2c(C)c(CN3CCC(N/C(C)=C(/C=NCC)CCCC)CC3)ccc21. The lowest BCUT2D eigenvalue weighted by atomic mass is 9.65. The fraction of sp³-hybridized carbons (Fsp3) is 0.531. The Labute approximate surface area is 236 Å². The van der Waals surface area contributed by atoms with Gasteiger partial charge in [-0.15, -0.1) is 6.58 Å². The second kappa shape index (κ2) is 14.9. The first-order chi connectivity index (χ1) is 18.8. The quantitative estimate of drug-likeness (QED) is 0.239. The van der Waals surface area contributed by atoms with Crippen molar-refractivity contribution in [1.82, 2.24) is 14.8 Å². The number of nitriles is 1. The van der Waals surface area contributed by atoms with Crippen LogP contribution in [0.2, 0.25) is 0 Å². The summed E-state index contributed by atoms with van der Waals surface area (Å²) in [6.45, 7) is 18.8. The summed E-state index contributed by atoms with van der Waals surface area (Å²) in [6, 6.07) is 9.12. The maximum atomic E-state index is 11.8. The number of hydrogen-bond donors (Lipinski definition) is 1. The second-order valence-electron chi connectivity index (χ2n) is 10.7. The van der Waals surface area contributed by atoms with Gasteiger partial charge in [0.2, 0.25) is 7.28 Å². The molecule has 207 valence electrons. The van der Waals surface area contributed by atoms with Crippen LogP contribution in [0.5, 0.6) is 0 Å². The Balaban J connectivity index is 1.66. The maximum absolute atomic E-state index is 11.8. The average Bonchev–Trinajstić information content (AvgIpc) is 3.29. The lowest BCUT2D eigenvalue weighted by Gasteiger charge is -2.33. The third kappa shape index (κ3) is 8.19. The Morgan fingerprint density at radius 1 is 1.28 bits per heavy atom. The fourth-order valence-electron chi connectivity index (χ4n) is 5.33. The molecule has 1 aromatic heterocycles.